The largest absolute Gasteiger partial charge is 0.480 e. The highest BCUT2D eigenvalue weighted by Crippen LogP contribution is 2.16. The van der Waals surface area contributed by atoms with Crippen molar-refractivity contribution >= 4 is 5.97 Å². The first-order valence-corrected chi connectivity index (χ1v) is 6.48. The second-order valence-corrected chi connectivity index (χ2v) is 5.29. The summed E-state index contributed by atoms with van der Waals surface area (Å²) >= 11 is 0. The molecule has 0 bridgehead atoms. The number of nitrogens with one attached hydrogen (secondary N) is 1. The summed E-state index contributed by atoms with van der Waals surface area (Å²) < 4.78 is 0. The maximum Gasteiger partial charge on any atom is 0.320 e. The van der Waals surface area contributed by atoms with E-state index in [0.29, 0.717) is 5.92 Å². The first kappa shape index (κ1) is 14.7. The summed E-state index contributed by atoms with van der Waals surface area (Å²) in [6.07, 6.45) is 1.08. The lowest BCUT2D eigenvalue weighted by molar-refractivity contribution is -0.139. The van der Waals surface area contributed by atoms with Crippen molar-refractivity contribution < 1.29 is 9.90 Å². The van der Waals surface area contributed by atoms with Crippen molar-refractivity contribution in [2.75, 3.05) is 0 Å². The Bertz CT molecular complexity index is 384. The molecule has 0 aromatic heterocycles. The molecular weight excluding hydrogens is 226 g/mol. The van der Waals surface area contributed by atoms with E-state index in [-0.39, 0.29) is 6.04 Å². The zero-order chi connectivity index (χ0) is 13.7. The van der Waals surface area contributed by atoms with E-state index in [0.717, 1.165) is 12.0 Å². The molecule has 0 fully saturated rings. The van der Waals surface area contributed by atoms with Crippen molar-refractivity contribution in [2.45, 2.75) is 46.2 Å². The summed E-state index contributed by atoms with van der Waals surface area (Å²) in [5.41, 5.74) is 2.45. The van der Waals surface area contributed by atoms with E-state index in [1.54, 1.807) is 6.92 Å². The molecule has 2 unspecified atom stereocenters. The molecule has 0 amide bonds. The Kier molecular flexibility index (Phi) is 5.35. The lowest BCUT2D eigenvalue weighted by atomic mass is 10.00. The summed E-state index contributed by atoms with van der Waals surface area (Å²) in [5, 5.41) is 11.9. The van der Waals surface area contributed by atoms with Crippen LogP contribution >= 0.6 is 0 Å². The number of benzene rings is 1. The van der Waals surface area contributed by atoms with Crippen LogP contribution in [-0.2, 0) is 11.2 Å². The first-order chi connectivity index (χ1) is 8.40. The van der Waals surface area contributed by atoms with Gasteiger partial charge in [0.05, 0.1) is 0 Å². The van der Waals surface area contributed by atoms with Crippen LogP contribution in [-0.4, -0.2) is 17.1 Å². The highest BCUT2D eigenvalue weighted by atomic mass is 16.4. The Morgan fingerprint density at radius 2 is 1.72 bits per heavy atom. The van der Waals surface area contributed by atoms with Crippen molar-refractivity contribution in [1.82, 2.24) is 5.32 Å². The Hall–Kier alpha value is -1.35. The molecule has 1 rings (SSSR count). The molecule has 3 heteroatoms. The van der Waals surface area contributed by atoms with Crippen LogP contribution in [0, 0.1) is 5.92 Å². The molecule has 1 aromatic rings. The molecule has 0 saturated heterocycles. The van der Waals surface area contributed by atoms with Gasteiger partial charge in [0.2, 0.25) is 0 Å². The number of carboxylic acid groups (broad SMARTS) is 1. The van der Waals surface area contributed by atoms with Crippen molar-refractivity contribution in [1.29, 1.82) is 0 Å². The molecule has 100 valence electrons. The summed E-state index contributed by atoms with van der Waals surface area (Å²) in [4.78, 5) is 10.8. The number of carboxylic acids is 1. The molecule has 0 radical (unpaired) electrons. The molecule has 0 heterocycles. The Labute approximate surface area is 109 Å². The van der Waals surface area contributed by atoms with Gasteiger partial charge in [0, 0.05) is 6.04 Å². The molecule has 0 aliphatic heterocycles. The van der Waals surface area contributed by atoms with Crippen LogP contribution < -0.4 is 5.32 Å². The van der Waals surface area contributed by atoms with E-state index in [4.69, 9.17) is 5.11 Å². The van der Waals surface area contributed by atoms with E-state index in [2.05, 4.69) is 43.4 Å². The average molecular weight is 249 g/mol. The third kappa shape index (κ3) is 4.49. The molecule has 2 atom stereocenters. The fourth-order valence-electron chi connectivity index (χ4n) is 1.96. The van der Waals surface area contributed by atoms with Crippen LogP contribution in [0.4, 0.5) is 0 Å². The van der Waals surface area contributed by atoms with Crippen LogP contribution in [0.2, 0.25) is 0 Å². The second kappa shape index (κ2) is 6.55. The fourth-order valence-corrected chi connectivity index (χ4v) is 1.96. The van der Waals surface area contributed by atoms with Gasteiger partial charge in [-0.05, 0) is 37.3 Å². The normalized spacial score (nSPS) is 14.5. The number of hydrogen-bond donors (Lipinski definition) is 2. The molecule has 2 N–H and O–H groups in total. The van der Waals surface area contributed by atoms with Crippen LogP contribution in [0.15, 0.2) is 24.3 Å². The monoisotopic (exact) mass is 249 g/mol. The van der Waals surface area contributed by atoms with Gasteiger partial charge in [-0.1, -0.05) is 38.1 Å². The lowest BCUT2D eigenvalue weighted by Gasteiger charge is -2.18. The third-order valence-electron chi connectivity index (χ3n) is 2.99. The standard InChI is InChI=1S/C15H23NO2/c1-10(2)9-13-5-7-14(8-6-13)11(3)16-12(4)15(17)18/h5-8,10-12,16H,9H2,1-4H3,(H,17,18). The van der Waals surface area contributed by atoms with Gasteiger partial charge in [0.1, 0.15) is 6.04 Å². The van der Waals surface area contributed by atoms with E-state index >= 15 is 0 Å². The minimum atomic E-state index is -0.821. The van der Waals surface area contributed by atoms with E-state index in [1.165, 1.54) is 5.56 Å². The zero-order valence-electron chi connectivity index (χ0n) is 11.6. The van der Waals surface area contributed by atoms with Gasteiger partial charge in [-0.2, -0.15) is 0 Å². The average Bonchev–Trinajstić information content (AvgIpc) is 2.28. The topological polar surface area (TPSA) is 49.3 Å². The van der Waals surface area contributed by atoms with Crippen molar-refractivity contribution in [3.8, 4) is 0 Å². The molecule has 0 aliphatic carbocycles. The number of carbonyl (C=O) groups is 1. The molecule has 1 aromatic carbocycles. The number of aliphatic carboxylic acids is 1. The molecule has 18 heavy (non-hydrogen) atoms. The van der Waals surface area contributed by atoms with Crippen molar-refractivity contribution in [3.05, 3.63) is 35.4 Å². The van der Waals surface area contributed by atoms with Gasteiger partial charge < -0.3 is 5.11 Å². The quantitative estimate of drug-likeness (QED) is 0.814. The smallest absolute Gasteiger partial charge is 0.320 e. The predicted molar refractivity (Wildman–Crippen MR) is 73.6 cm³/mol. The van der Waals surface area contributed by atoms with E-state index in [1.807, 2.05) is 6.92 Å². The molecular formula is C15H23NO2. The summed E-state index contributed by atoms with van der Waals surface area (Å²) in [5.74, 6) is -0.170. The molecule has 0 spiro atoms. The maximum absolute atomic E-state index is 10.8. The minimum absolute atomic E-state index is 0.0456. The Morgan fingerprint density at radius 3 is 2.17 bits per heavy atom. The summed E-state index contributed by atoms with van der Waals surface area (Å²) in [6, 6.07) is 7.91. The second-order valence-electron chi connectivity index (χ2n) is 5.29. The highest BCUT2D eigenvalue weighted by Gasteiger charge is 2.14. The number of rotatable bonds is 6. The van der Waals surface area contributed by atoms with Crippen LogP contribution in [0.3, 0.4) is 0 Å². The van der Waals surface area contributed by atoms with Gasteiger partial charge in [0.25, 0.3) is 0 Å². The van der Waals surface area contributed by atoms with Gasteiger partial charge in [0.15, 0.2) is 0 Å². The van der Waals surface area contributed by atoms with Crippen LogP contribution in [0.5, 0.6) is 0 Å². The van der Waals surface area contributed by atoms with Gasteiger partial charge in [-0.25, -0.2) is 0 Å². The van der Waals surface area contributed by atoms with Gasteiger partial charge in [-0.15, -0.1) is 0 Å². The zero-order valence-corrected chi connectivity index (χ0v) is 11.6. The van der Waals surface area contributed by atoms with Gasteiger partial charge >= 0.3 is 5.97 Å². The highest BCUT2D eigenvalue weighted by molar-refractivity contribution is 5.72. The first-order valence-electron chi connectivity index (χ1n) is 6.48. The predicted octanol–water partition coefficient (Wildman–Crippen LogP) is 3.01. The van der Waals surface area contributed by atoms with Crippen molar-refractivity contribution in [3.63, 3.8) is 0 Å². The Balaban J connectivity index is 2.64. The molecule has 3 nitrogen and oxygen atoms in total. The van der Waals surface area contributed by atoms with Crippen molar-refractivity contribution in [2.24, 2.45) is 5.92 Å². The summed E-state index contributed by atoms with van der Waals surface area (Å²) in [7, 11) is 0. The maximum atomic E-state index is 10.8. The fraction of sp³-hybridized carbons (Fsp3) is 0.533. The number of hydrogen-bond acceptors (Lipinski definition) is 2. The van der Waals surface area contributed by atoms with Gasteiger partial charge in [-0.3, -0.25) is 10.1 Å². The van der Waals surface area contributed by atoms with Crippen LogP contribution in [0.25, 0.3) is 0 Å². The third-order valence-corrected chi connectivity index (χ3v) is 2.99. The van der Waals surface area contributed by atoms with E-state index in [9.17, 15) is 4.79 Å². The minimum Gasteiger partial charge on any atom is -0.480 e. The summed E-state index contributed by atoms with van der Waals surface area (Å²) in [6.45, 7) is 8.04. The molecule has 0 aliphatic rings. The van der Waals surface area contributed by atoms with E-state index < -0.39 is 12.0 Å². The SMILES string of the molecule is CC(C)Cc1ccc(C(C)NC(C)C(=O)O)cc1. The van der Waals surface area contributed by atoms with Crippen LogP contribution in [0.1, 0.15) is 44.9 Å². The Morgan fingerprint density at radius 1 is 1.17 bits per heavy atom. The molecule has 0 saturated carbocycles. The lowest BCUT2D eigenvalue weighted by Crippen LogP contribution is -2.35.